The number of nitrogens with two attached hydrogens (primary N) is 1. The van der Waals surface area contributed by atoms with Gasteiger partial charge in [0.2, 0.25) is 0 Å². The average Bonchev–Trinajstić information content (AvgIpc) is 2.66. The minimum Gasteiger partial charge on any atom is -0.461 e. The second-order valence-corrected chi connectivity index (χ2v) is 4.01. The first-order chi connectivity index (χ1) is 7.75. The van der Waals surface area contributed by atoms with Crippen LogP contribution in [-0.4, -0.2) is 17.5 Å². The Balaban J connectivity index is 0.00000108. The number of hydrogen-bond donors (Lipinski definition) is 1. The lowest BCUT2D eigenvalue weighted by Crippen LogP contribution is -2.39. The fourth-order valence-electron chi connectivity index (χ4n) is 2.22. The molecule has 1 aliphatic heterocycles. The van der Waals surface area contributed by atoms with Crippen LogP contribution in [0.3, 0.4) is 0 Å². The standard InChI is InChI=1S/C12H12N2O2.ClH/c13-12(15)14-6-5-11-9(7-14)8-3-1-2-4-10(8)16-11;/h1-4H,5-7H2,(H2,13,15);1H. The van der Waals surface area contributed by atoms with E-state index in [4.69, 9.17) is 10.2 Å². The van der Waals surface area contributed by atoms with Crippen molar-refractivity contribution in [3.05, 3.63) is 35.6 Å². The first-order valence-corrected chi connectivity index (χ1v) is 5.29. The lowest BCUT2D eigenvalue weighted by atomic mass is 10.1. The normalized spacial score (nSPS) is 14.2. The number of carbonyl (C=O) groups is 1. The van der Waals surface area contributed by atoms with E-state index in [2.05, 4.69) is 0 Å². The molecule has 0 unspecified atom stereocenters. The number of nitrogens with zero attached hydrogens (tertiary/aromatic N) is 1. The Morgan fingerprint density at radius 3 is 2.88 bits per heavy atom. The van der Waals surface area contributed by atoms with Crippen molar-refractivity contribution >= 4 is 29.4 Å². The second kappa shape index (κ2) is 4.30. The molecule has 0 aliphatic carbocycles. The quantitative estimate of drug-likeness (QED) is 0.782. The second-order valence-electron chi connectivity index (χ2n) is 4.01. The van der Waals surface area contributed by atoms with Crippen molar-refractivity contribution in [2.45, 2.75) is 13.0 Å². The van der Waals surface area contributed by atoms with E-state index in [1.807, 2.05) is 24.3 Å². The van der Waals surface area contributed by atoms with Crippen LogP contribution in [0.5, 0.6) is 0 Å². The van der Waals surface area contributed by atoms with E-state index in [1.165, 1.54) is 0 Å². The summed E-state index contributed by atoms with van der Waals surface area (Å²) in [5, 5.41) is 1.09. The van der Waals surface area contributed by atoms with Crippen molar-refractivity contribution in [3.63, 3.8) is 0 Å². The molecule has 0 saturated heterocycles. The van der Waals surface area contributed by atoms with Crippen molar-refractivity contribution < 1.29 is 9.21 Å². The summed E-state index contributed by atoms with van der Waals surface area (Å²) >= 11 is 0. The van der Waals surface area contributed by atoms with Crippen LogP contribution in [0.15, 0.2) is 28.7 Å². The number of halogens is 1. The van der Waals surface area contributed by atoms with E-state index in [9.17, 15) is 4.79 Å². The third-order valence-electron chi connectivity index (χ3n) is 3.05. The van der Waals surface area contributed by atoms with Gasteiger partial charge in [-0.1, -0.05) is 18.2 Å². The fraction of sp³-hybridized carbons (Fsp3) is 0.250. The molecule has 2 amide bonds. The highest BCUT2D eigenvalue weighted by molar-refractivity contribution is 5.85. The van der Waals surface area contributed by atoms with Crippen LogP contribution in [0.4, 0.5) is 4.79 Å². The summed E-state index contributed by atoms with van der Waals surface area (Å²) in [5.41, 5.74) is 7.28. The number of primary amides is 1. The van der Waals surface area contributed by atoms with E-state index in [0.29, 0.717) is 13.1 Å². The molecule has 2 heterocycles. The number of fused-ring (bicyclic) bond motifs is 3. The molecular weight excluding hydrogens is 240 g/mol. The number of hydrogen-bond acceptors (Lipinski definition) is 2. The van der Waals surface area contributed by atoms with Crippen LogP contribution in [0.25, 0.3) is 11.0 Å². The summed E-state index contributed by atoms with van der Waals surface area (Å²) < 4.78 is 5.74. The van der Waals surface area contributed by atoms with Gasteiger partial charge in [0.1, 0.15) is 11.3 Å². The molecule has 0 saturated carbocycles. The number of furan rings is 1. The zero-order valence-corrected chi connectivity index (χ0v) is 10.00. The molecule has 0 atom stereocenters. The summed E-state index contributed by atoms with van der Waals surface area (Å²) in [6.07, 6.45) is 0.743. The molecule has 90 valence electrons. The number of urea groups is 1. The van der Waals surface area contributed by atoms with E-state index < -0.39 is 0 Å². The van der Waals surface area contributed by atoms with Crippen LogP contribution in [0.2, 0.25) is 0 Å². The van der Waals surface area contributed by atoms with Gasteiger partial charge in [-0.15, -0.1) is 12.4 Å². The molecule has 3 rings (SSSR count). The van der Waals surface area contributed by atoms with Gasteiger partial charge in [-0.3, -0.25) is 0 Å². The molecule has 17 heavy (non-hydrogen) atoms. The minimum atomic E-state index is -0.365. The smallest absolute Gasteiger partial charge is 0.315 e. The summed E-state index contributed by atoms with van der Waals surface area (Å²) in [4.78, 5) is 12.8. The molecule has 2 aromatic rings. The Hall–Kier alpha value is -1.68. The zero-order valence-electron chi connectivity index (χ0n) is 9.18. The first kappa shape index (κ1) is 11.8. The Morgan fingerprint density at radius 1 is 1.35 bits per heavy atom. The van der Waals surface area contributed by atoms with Gasteiger partial charge in [-0.25, -0.2) is 4.79 Å². The molecular formula is C12H13ClN2O2. The van der Waals surface area contributed by atoms with E-state index in [-0.39, 0.29) is 18.4 Å². The van der Waals surface area contributed by atoms with Crippen molar-refractivity contribution in [2.24, 2.45) is 5.73 Å². The molecule has 0 bridgehead atoms. The predicted octanol–water partition coefficient (Wildman–Crippen LogP) is 2.29. The van der Waals surface area contributed by atoms with E-state index in [1.54, 1.807) is 4.90 Å². The summed E-state index contributed by atoms with van der Waals surface area (Å²) in [6.45, 7) is 1.20. The van der Waals surface area contributed by atoms with Gasteiger partial charge in [-0.05, 0) is 6.07 Å². The number of rotatable bonds is 0. The molecule has 2 N–H and O–H groups in total. The molecule has 0 fully saturated rings. The van der Waals surface area contributed by atoms with Gasteiger partial charge in [0.25, 0.3) is 0 Å². The van der Waals surface area contributed by atoms with Crippen molar-refractivity contribution in [1.29, 1.82) is 0 Å². The first-order valence-electron chi connectivity index (χ1n) is 5.29. The maximum absolute atomic E-state index is 11.1. The van der Waals surface area contributed by atoms with Gasteiger partial charge >= 0.3 is 6.03 Å². The Kier molecular flexibility index (Phi) is 2.98. The van der Waals surface area contributed by atoms with Gasteiger partial charge in [0.15, 0.2) is 0 Å². The lowest BCUT2D eigenvalue weighted by molar-refractivity contribution is 0.200. The highest BCUT2D eigenvalue weighted by atomic mass is 35.5. The number of para-hydroxylation sites is 1. The molecule has 4 nitrogen and oxygen atoms in total. The number of amides is 2. The topological polar surface area (TPSA) is 59.5 Å². The number of carbonyl (C=O) groups excluding carboxylic acids is 1. The Morgan fingerprint density at radius 2 is 2.12 bits per heavy atom. The third kappa shape index (κ3) is 1.85. The Labute approximate surface area is 105 Å². The summed E-state index contributed by atoms with van der Waals surface area (Å²) in [5.74, 6) is 0.985. The zero-order chi connectivity index (χ0) is 11.1. The van der Waals surface area contributed by atoms with Gasteiger partial charge in [0.05, 0.1) is 6.54 Å². The minimum absolute atomic E-state index is 0. The summed E-state index contributed by atoms with van der Waals surface area (Å²) in [6, 6.07) is 7.52. The van der Waals surface area contributed by atoms with Gasteiger partial charge in [0, 0.05) is 23.9 Å². The van der Waals surface area contributed by atoms with Crippen LogP contribution < -0.4 is 5.73 Å². The van der Waals surface area contributed by atoms with Crippen LogP contribution in [-0.2, 0) is 13.0 Å². The molecule has 1 aliphatic rings. The van der Waals surface area contributed by atoms with Crippen LogP contribution in [0.1, 0.15) is 11.3 Å². The molecule has 0 radical (unpaired) electrons. The van der Waals surface area contributed by atoms with Crippen molar-refractivity contribution in [3.8, 4) is 0 Å². The van der Waals surface area contributed by atoms with Crippen LogP contribution >= 0.6 is 12.4 Å². The third-order valence-corrected chi connectivity index (χ3v) is 3.05. The fourth-order valence-corrected chi connectivity index (χ4v) is 2.22. The van der Waals surface area contributed by atoms with Gasteiger partial charge in [-0.2, -0.15) is 0 Å². The highest BCUT2D eigenvalue weighted by Gasteiger charge is 2.23. The predicted molar refractivity (Wildman–Crippen MR) is 67.2 cm³/mol. The average molecular weight is 253 g/mol. The molecule has 5 heteroatoms. The highest BCUT2D eigenvalue weighted by Crippen LogP contribution is 2.30. The monoisotopic (exact) mass is 252 g/mol. The number of benzene rings is 1. The molecule has 1 aromatic heterocycles. The van der Waals surface area contributed by atoms with E-state index >= 15 is 0 Å². The largest absolute Gasteiger partial charge is 0.461 e. The molecule has 1 aromatic carbocycles. The summed E-state index contributed by atoms with van der Waals surface area (Å²) in [7, 11) is 0. The molecule has 0 spiro atoms. The lowest BCUT2D eigenvalue weighted by Gasteiger charge is -2.24. The maximum atomic E-state index is 11.1. The van der Waals surface area contributed by atoms with Crippen molar-refractivity contribution in [1.82, 2.24) is 4.90 Å². The van der Waals surface area contributed by atoms with Gasteiger partial charge < -0.3 is 15.1 Å². The van der Waals surface area contributed by atoms with Crippen molar-refractivity contribution in [2.75, 3.05) is 6.54 Å². The van der Waals surface area contributed by atoms with Crippen LogP contribution in [0, 0.1) is 0 Å². The maximum Gasteiger partial charge on any atom is 0.315 e. The van der Waals surface area contributed by atoms with E-state index in [0.717, 1.165) is 28.7 Å². The Bertz CT molecular complexity index is 565. The SMILES string of the molecule is Cl.NC(=O)N1CCc2oc3ccccc3c2C1.